The molecular weight excluding hydrogens is 280 g/mol. The maximum absolute atomic E-state index is 11.7. The fraction of sp³-hybridized carbons (Fsp3) is 0.133. The van der Waals surface area contributed by atoms with Gasteiger partial charge in [0.25, 0.3) is 5.91 Å². The van der Waals surface area contributed by atoms with Crippen LogP contribution in [0.15, 0.2) is 48.9 Å². The van der Waals surface area contributed by atoms with Crippen LogP contribution in [0.4, 0.5) is 0 Å². The number of carbonyl (C=O) groups is 1. The third kappa shape index (κ3) is 3.14. The number of rotatable bonds is 5. The number of nitrogens with two attached hydrogens (primary N) is 1. The first-order valence-electron chi connectivity index (χ1n) is 6.75. The van der Waals surface area contributed by atoms with Crippen molar-refractivity contribution in [2.45, 2.75) is 13.0 Å². The average molecular weight is 294 g/mol. The molecule has 3 aromatic rings. The Bertz CT molecular complexity index is 770. The molecule has 1 amide bonds. The molecule has 7 nitrogen and oxygen atoms in total. The first-order valence-corrected chi connectivity index (χ1v) is 6.75. The molecule has 0 unspecified atom stereocenters. The molecule has 0 bridgehead atoms. The summed E-state index contributed by atoms with van der Waals surface area (Å²) < 4.78 is 1.58. The minimum atomic E-state index is -0.562. The van der Waals surface area contributed by atoms with Crippen molar-refractivity contribution in [1.29, 1.82) is 0 Å². The highest BCUT2D eigenvalue weighted by Gasteiger charge is 2.13. The molecule has 0 radical (unpaired) electrons. The molecule has 2 aromatic heterocycles. The first-order chi connectivity index (χ1) is 10.7. The molecule has 0 aliphatic heterocycles. The lowest BCUT2D eigenvalue weighted by molar-refractivity contribution is 0.0994. The van der Waals surface area contributed by atoms with Crippen LogP contribution in [-0.2, 0) is 13.0 Å². The number of aromatic nitrogens is 5. The Hall–Kier alpha value is -3.09. The molecule has 110 valence electrons. The Labute approximate surface area is 126 Å². The number of primary amides is 1. The van der Waals surface area contributed by atoms with Crippen LogP contribution in [0, 0.1) is 0 Å². The monoisotopic (exact) mass is 294 g/mol. The van der Waals surface area contributed by atoms with Crippen molar-refractivity contribution in [2.24, 2.45) is 5.73 Å². The SMILES string of the molecule is NC(=O)c1nc(Cn2ccnn2)ncc1Cc1ccccc1. The molecule has 0 spiro atoms. The molecule has 0 saturated carbocycles. The highest BCUT2D eigenvalue weighted by atomic mass is 16.1. The van der Waals surface area contributed by atoms with Crippen molar-refractivity contribution < 1.29 is 4.79 Å². The molecule has 0 atom stereocenters. The van der Waals surface area contributed by atoms with E-state index in [-0.39, 0.29) is 5.69 Å². The van der Waals surface area contributed by atoms with Crippen LogP contribution in [0.1, 0.15) is 27.4 Å². The van der Waals surface area contributed by atoms with Crippen molar-refractivity contribution >= 4 is 5.91 Å². The topological polar surface area (TPSA) is 99.6 Å². The molecule has 2 N–H and O–H groups in total. The number of amides is 1. The van der Waals surface area contributed by atoms with E-state index in [0.29, 0.717) is 24.4 Å². The molecule has 0 aliphatic rings. The van der Waals surface area contributed by atoms with Crippen LogP contribution in [0.5, 0.6) is 0 Å². The Balaban J connectivity index is 1.89. The lowest BCUT2D eigenvalue weighted by Crippen LogP contribution is -2.19. The second-order valence-electron chi connectivity index (χ2n) is 4.79. The third-order valence-electron chi connectivity index (χ3n) is 3.16. The number of benzene rings is 1. The van der Waals surface area contributed by atoms with Crippen molar-refractivity contribution in [1.82, 2.24) is 25.0 Å². The molecule has 3 rings (SSSR count). The van der Waals surface area contributed by atoms with E-state index in [9.17, 15) is 4.79 Å². The number of hydrogen-bond donors (Lipinski definition) is 1. The lowest BCUT2D eigenvalue weighted by atomic mass is 10.0. The minimum absolute atomic E-state index is 0.244. The standard InChI is InChI=1S/C15H14N6O/c16-15(22)14-12(8-11-4-2-1-3-5-11)9-17-13(19-14)10-21-7-6-18-20-21/h1-7,9H,8,10H2,(H2,16,22). The van der Waals surface area contributed by atoms with Gasteiger partial charge in [-0.1, -0.05) is 35.5 Å². The van der Waals surface area contributed by atoms with Gasteiger partial charge in [-0.15, -0.1) is 5.10 Å². The highest BCUT2D eigenvalue weighted by Crippen LogP contribution is 2.12. The second-order valence-corrected chi connectivity index (χ2v) is 4.79. The van der Waals surface area contributed by atoms with Gasteiger partial charge in [0.15, 0.2) is 5.82 Å². The quantitative estimate of drug-likeness (QED) is 0.750. The van der Waals surface area contributed by atoms with E-state index in [0.717, 1.165) is 5.56 Å². The molecular formula is C15H14N6O. The predicted octanol–water partition coefficient (Wildman–Crippen LogP) is 0.806. The Morgan fingerprint density at radius 1 is 1.23 bits per heavy atom. The normalized spacial score (nSPS) is 10.5. The Morgan fingerprint density at radius 2 is 2.05 bits per heavy atom. The second kappa shape index (κ2) is 6.13. The largest absolute Gasteiger partial charge is 0.364 e. The Morgan fingerprint density at radius 3 is 2.73 bits per heavy atom. The van der Waals surface area contributed by atoms with Gasteiger partial charge < -0.3 is 5.73 Å². The minimum Gasteiger partial charge on any atom is -0.364 e. The molecule has 2 heterocycles. The summed E-state index contributed by atoms with van der Waals surface area (Å²) in [4.78, 5) is 20.2. The fourth-order valence-corrected chi connectivity index (χ4v) is 2.14. The van der Waals surface area contributed by atoms with E-state index in [1.54, 1.807) is 23.3 Å². The van der Waals surface area contributed by atoms with Crippen LogP contribution in [0.3, 0.4) is 0 Å². The average Bonchev–Trinajstić information content (AvgIpc) is 3.02. The maximum atomic E-state index is 11.7. The summed E-state index contributed by atoms with van der Waals surface area (Å²) in [6.45, 7) is 0.339. The molecule has 7 heteroatoms. The van der Waals surface area contributed by atoms with E-state index < -0.39 is 5.91 Å². The smallest absolute Gasteiger partial charge is 0.267 e. The summed E-state index contributed by atoms with van der Waals surface area (Å²) in [5.74, 6) is -0.0933. The summed E-state index contributed by atoms with van der Waals surface area (Å²) in [5.41, 5.74) is 7.47. The third-order valence-corrected chi connectivity index (χ3v) is 3.16. The van der Waals surface area contributed by atoms with Gasteiger partial charge >= 0.3 is 0 Å². The molecule has 0 fully saturated rings. The van der Waals surface area contributed by atoms with E-state index in [4.69, 9.17) is 5.73 Å². The van der Waals surface area contributed by atoms with Crippen molar-refractivity contribution in [3.63, 3.8) is 0 Å². The summed E-state index contributed by atoms with van der Waals surface area (Å²) >= 11 is 0. The molecule has 1 aromatic carbocycles. The Kier molecular flexibility index (Phi) is 3.86. The van der Waals surface area contributed by atoms with Gasteiger partial charge in [-0.25, -0.2) is 14.6 Å². The number of hydrogen-bond acceptors (Lipinski definition) is 5. The van der Waals surface area contributed by atoms with E-state index >= 15 is 0 Å². The summed E-state index contributed by atoms with van der Waals surface area (Å²) in [7, 11) is 0. The highest BCUT2D eigenvalue weighted by molar-refractivity contribution is 5.92. The van der Waals surface area contributed by atoms with Gasteiger partial charge in [-0.2, -0.15) is 0 Å². The zero-order valence-corrected chi connectivity index (χ0v) is 11.8. The predicted molar refractivity (Wildman–Crippen MR) is 78.9 cm³/mol. The van der Waals surface area contributed by atoms with Crippen molar-refractivity contribution in [3.05, 3.63) is 71.6 Å². The van der Waals surface area contributed by atoms with E-state index in [1.807, 2.05) is 30.3 Å². The zero-order chi connectivity index (χ0) is 15.4. The fourth-order valence-electron chi connectivity index (χ4n) is 2.14. The zero-order valence-electron chi connectivity index (χ0n) is 11.8. The van der Waals surface area contributed by atoms with E-state index in [2.05, 4.69) is 20.3 Å². The molecule has 0 saturated heterocycles. The van der Waals surface area contributed by atoms with Gasteiger partial charge in [-0.05, 0) is 5.56 Å². The summed E-state index contributed by atoms with van der Waals surface area (Å²) in [5, 5.41) is 7.56. The number of carbonyl (C=O) groups excluding carboxylic acids is 1. The van der Waals surface area contributed by atoms with Gasteiger partial charge in [0.05, 0.1) is 6.20 Å². The van der Waals surface area contributed by atoms with Crippen LogP contribution < -0.4 is 5.73 Å². The van der Waals surface area contributed by atoms with Crippen molar-refractivity contribution in [2.75, 3.05) is 0 Å². The van der Waals surface area contributed by atoms with Crippen LogP contribution >= 0.6 is 0 Å². The van der Waals surface area contributed by atoms with Crippen LogP contribution in [0.2, 0.25) is 0 Å². The van der Waals surface area contributed by atoms with Gasteiger partial charge in [0.2, 0.25) is 0 Å². The van der Waals surface area contributed by atoms with Crippen molar-refractivity contribution in [3.8, 4) is 0 Å². The molecule has 0 aliphatic carbocycles. The van der Waals surface area contributed by atoms with Crippen LogP contribution in [0.25, 0.3) is 0 Å². The first kappa shape index (κ1) is 13.9. The van der Waals surface area contributed by atoms with Gasteiger partial charge in [0.1, 0.15) is 12.2 Å². The van der Waals surface area contributed by atoms with E-state index in [1.165, 1.54) is 0 Å². The summed E-state index contributed by atoms with van der Waals surface area (Å²) in [6, 6.07) is 9.79. The van der Waals surface area contributed by atoms with Gasteiger partial charge in [-0.3, -0.25) is 4.79 Å². The van der Waals surface area contributed by atoms with Crippen LogP contribution in [-0.4, -0.2) is 30.9 Å². The summed E-state index contributed by atoms with van der Waals surface area (Å²) in [6.07, 6.45) is 5.47. The maximum Gasteiger partial charge on any atom is 0.267 e. The molecule has 22 heavy (non-hydrogen) atoms. The van der Waals surface area contributed by atoms with Gasteiger partial charge in [0, 0.05) is 24.4 Å². The number of nitrogens with zero attached hydrogens (tertiary/aromatic N) is 5. The lowest BCUT2D eigenvalue weighted by Gasteiger charge is -2.08.